The second kappa shape index (κ2) is 5.67. The highest BCUT2D eigenvalue weighted by molar-refractivity contribution is 5.28. The first-order valence-electron chi connectivity index (χ1n) is 6.35. The van der Waals surface area contributed by atoms with Crippen LogP contribution in [0.25, 0.3) is 0 Å². The van der Waals surface area contributed by atoms with E-state index in [0.717, 1.165) is 0 Å². The Labute approximate surface area is 104 Å². The molecule has 17 heavy (non-hydrogen) atoms. The van der Waals surface area contributed by atoms with Crippen LogP contribution >= 0.6 is 0 Å². The molecule has 0 spiro atoms. The zero-order valence-electron chi connectivity index (χ0n) is 10.7. The molecule has 0 aliphatic rings. The van der Waals surface area contributed by atoms with Crippen LogP contribution in [0.15, 0.2) is 48.5 Å². The number of aryl methyl sites for hydroxylation is 4. The molecular weight excluding hydrogens is 204 g/mol. The predicted molar refractivity (Wildman–Crippen MR) is 74.4 cm³/mol. The maximum atomic E-state index is 2.30. The van der Waals surface area contributed by atoms with Gasteiger partial charge in [-0.1, -0.05) is 59.7 Å². The molecule has 0 radical (unpaired) electrons. The molecule has 0 aliphatic heterocycles. The van der Waals surface area contributed by atoms with Crippen LogP contribution in [0, 0.1) is 13.8 Å². The van der Waals surface area contributed by atoms with E-state index >= 15 is 0 Å². The summed E-state index contributed by atoms with van der Waals surface area (Å²) < 4.78 is 0. The van der Waals surface area contributed by atoms with Crippen molar-refractivity contribution < 1.29 is 0 Å². The average Bonchev–Trinajstić information content (AvgIpc) is 2.29. The average molecular weight is 224 g/mol. The van der Waals surface area contributed by atoms with E-state index in [1.165, 1.54) is 41.5 Å². The molecule has 2 aromatic rings. The molecule has 0 saturated heterocycles. The van der Waals surface area contributed by atoms with Gasteiger partial charge in [0.2, 0.25) is 0 Å². The minimum atomic E-state index is 1.17. The summed E-state index contributed by atoms with van der Waals surface area (Å²) >= 11 is 0. The van der Waals surface area contributed by atoms with Crippen molar-refractivity contribution in [3.63, 3.8) is 0 Å². The lowest BCUT2D eigenvalue weighted by molar-refractivity contribution is 0.819. The number of hydrogen-bond acceptors (Lipinski definition) is 0. The summed E-state index contributed by atoms with van der Waals surface area (Å²) in [6, 6.07) is 17.6. The summed E-state index contributed by atoms with van der Waals surface area (Å²) in [5.74, 6) is 0. The Morgan fingerprint density at radius 2 is 1.29 bits per heavy atom. The molecule has 0 nitrogen and oxygen atoms in total. The van der Waals surface area contributed by atoms with Crippen LogP contribution in [-0.4, -0.2) is 0 Å². The zero-order chi connectivity index (χ0) is 12.1. The first-order valence-corrected chi connectivity index (χ1v) is 6.35. The summed E-state index contributed by atoms with van der Waals surface area (Å²) in [4.78, 5) is 0. The monoisotopic (exact) mass is 224 g/mol. The molecule has 0 amide bonds. The third-order valence-corrected chi connectivity index (χ3v) is 3.06. The molecule has 0 N–H and O–H groups in total. The van der Waals surface area contributed by atoms with Gasteiger partial charge in [-0.05, 0) is 44.2 Å². The standard InChI is InChI=1S/C17H20/c1-14-11-15(2)13-17(12-14)10-6-9-16-7-4-3-5-8-16/h3-5,7-8,11-13H,6,9-10H2,1-2H3. The van der Waals surface area contributed by atoms with E-state index in [1.54, 1.807) is 0 Å². The Morgan fingerprint density at radius 3 is 1.94 bits per heavy atom. The topological polar surface area (TPSA) is 0 Å². The molecule has 0 aromatic heterocycles. The lowest BCUT2D eigenvalue weighted by atomic mass is 10.0. The van der Waals surface area contributed by atoms with Crippen LogP contribution in [-0.2, 0) is 12.8 Å². The van der Waals surface area contributed by atoms with Crippen LogP contribution in [0.4, 0.5) is 0 Å². The van der Waals surface area contributed by atoms with Crippen molar-refractivity contribution in [3.8, 4) is 0 Å². The van der Waals surface area contributed by atoms with Gasteiger partial charge in [0.05, 0.1) is 0 Å². The fourth-order valence-corrected chi connectivity index (χ4v) is 2.35. The van der Waals surface area contributed by atoms with Crippen molar-refractivity contribution in [1.82, 2.24) is 0 Å². The summed E-state index contributed by atoms with van der Waals surface area (Å²) in [5, 5.41) is 0. The molecule has 0 aliphatic carbocycles. The van der Waals surface area contributed by atoms with Gasteiger partial charge in [0.1, 0.15) is 0 Å². The third kappa shape index (κ3) is 3.74. The second-order valence-corrected chi connectivity index (χ2v) is 4.84. The Morgan fingerprint density at radius 1 is 0.706 bits per heavy atom. The van der Waals surface area contributed by atoms with E-state index in [9.17, 15) is 0 Å². The van der Waals surface area contributed by atoms with Crippen molar-refractivity contribution >= 4 is 0 Å². The highest BCUT2D eigenvalue weighted by Crippen LogP contribution is 2.12. The largest absolute Gasteiger partial charge is 0.0622 e. The lowest BCUT2D eigenvalue weighted by Crippen LogP contribution is -1.91. The smallest absolute Gasteiger partial charge is 0.0276 e. The van der Waals surface area contributed by atoms with Gasteiger partial charge in [0, 0.05) is 0 Å². The fraction of sp³-hybridized carbons (Fsp3) is 0.294. The van der Waals surface area contributed by atoms with Crippen LogP contribution in [0.1, 0.15) is 28.7 Å². The van der Waals surface area contributed by atoms with Gasteiger partial charge in [-0.25, -0.2) is 0 Å². The molecule has 0 atom stereocenters. The Hall–Kier alpha value is -1.56. The molecule has 0 saturated carbocycles. The van der Waals surface area contributed by atoms with Gasteiger partial charge in [-0.15, -0.1) is 0 Å². The van der Waals surface area contributed by atoms with E-state index in [1.807, 2.05) is 0 Å². The minimum absolute atomic E-state index is 1.17. The lowest BCUT2D eigenvalue weighted by Gasteiger charge is -2.05. The molecular formula is C17H20. The van der Waals surface area contributed by atoms with E-state index in [2.05, 4.69) is 62.4 Å². The Balaban J connectivity index is 1.90. The summed E-state index contributed by atoms with van der Waals surface area (Å²) in [6.07, 6.45) is 3.58. The summed E-state index contributed by atoms with van der Waals surface area (Å²) in [5.41, 5.74) is 5.66. The van der Waals surface area contributed by atoms with Crippen LogP contribution in [0.2, 0.25) is 0 Å². The van der Waals surface area contributed by atoms with Gasteiger partial charge >= 0.3 is 0 Å². The maximum Gasteiger partial charge on any atom is -0.0276 e. The normalized spacial score (nSPS) is 10.5. The first-order chi connectivity index (χ1) is 8.24. The molecule has 0 unspecified atom stereocenters. The molecule has 2 rings (SSSR count). The Bertz CT molecular complexity index is 448. The first kappa shape index (κ1) is 11.9. The van der Waals surface area contributed by atoms with Crippen molar-refractivity contribution in [1.29, 1.82) is 0 Å². The molecule has 0 bridgehead atoms. The fourth-order valence-electron chi connectivity index (χ4n) is 2.35. The molecule has 0 heteroatoms. The van der Waals surface area contributed by atoms with E-state index in [0.29, 0.717) is 0 Å². The molecule has 0 fully saturated rings. The highest BCUT2D eigenvalue weighted by Gasteiger charge is 1.97. The SMILES string of the molecule is Cc1cc(C)cc(CCCc2ccccc2)c1. The summed E-state index contributed by atoms with van der Waals surface area (Å²) in [6.45, 7) is 4.35. The van der Waals surface area contributed by atoms with Crippen LogP contribution < -0.4 is 0 Å². The highest BCUT2D eigenvalue weighted by atomic mass is 14.0. The minimum Gasteiger partial charge on any atom is -0.0622 e. The van der Waals surface area contributed by atoms with E-state index in [4.69, 9.17) is 0 Å². The van der Waals surface area contributed by atoms with Crippen molar-refractivity contribution in [2.45, 2.75) is 33.1 Å². The molecule has 0 heterocycles. The van der Waals surface area contributed by atoms with Gasteiger partial charge in [-0.2, -0.15) is 0 Å². The number of benzene rings is 2. The molecule has 88 valence electrons. The van der Waals surface area contributed by atoms with Crippen LogP contribution in [0.3, 0.4) is 0 Å². The quantitative estimate of drug-likeness (QED) is 0.718. The number of hydrogen-bond donors (Lipinski definition) is 0. The summed E-state index contributed by atoms with van der Waals surface area (Å²) in [7, 11) is 0. The number of rotatable bonds is 4. The third-order valence-electron chi connectivity index (χ3n) is 3.06. The Kier molecular flexibility index (Phi) is 3.98. The van der Waals surface area contributed by atoms with Crippen molar-refractivity contribution in [2.24, 2.45) is 0 Å². The molecule has 2 aromatic carbocycles. The van der Waals surface area contributed by atoms with Crippen LogP contribution in [0.5, 0.6) is 0 Å². The maximum absolute atomic E-state index is 2.30. The van der Waals surface area contributed by atoms with Gasteiger partial charge < -0.3 is 0 Å². The predicted octanol–water partition coefficient (Wildman–Crippen LogP) is 4.48. The van der Waals surface area contributed by atoms with Gasteiger partial charge in [0.25, 0.3) is 0 Å². The van der Waals surface area contributed by atoms with Gasteiger partial charge in [-0.3, -0.25) is 0 Å². The van der Waals surface area contributed by atoms with E-state index < -0.39 is 0 Å². The van der Waals surface area contributed by atoms with E-state index in [-0.39, 0.29) is 0 Å². The van der Waals surface area contributed by atoms with Crippen molar-refractivity contribution in [3.05, 3.63) is 70.8 Å². The van der Waals surface area contributed by atoms with Gasteiger partial charge in [0.15, 0.2) is 0 Å². The zero-order valence-corrected chi connectivity index (χ0v) is 10.7. The van der Waals surface area contributed by atoms with Crippen molar-refractivity contribution in [2.75, 3.05) is 0 Å². The second-order valence-electron chi connectivity index (χ2n) is 4.84.